The highest BCUT2D eigenvalue weighted by Crippen LogP contribution is 2.34. The van der Waals surface area contributed by atoms with E-state index < -0.39 is 0 Å². The molecule has 3 N–H and O–H groups in total. The van der Waals surface area contributed by atoms with Gasteiger partial charge in [-0.1, -0.05) is 30.3 Å². The van der Waals surface area contributed by atoms with Gasteiger partial charge in [-0.05, 0) is 30.9 Å². The Morgan fingerprint density at radius 2 is 1.86 bits per heavy atom. The van der Waals surface area contributed by atoms with Crippen LogP contribution in [0.25, 0.3) is 10.2 Å². The zero-order valence-corrected chi connectivity index (χ0v) is 17.3. The molecule has 0 aliphatic rings. The predicted molar refractivity (Wildman–Crippen MR) is 115 cm³/mol. The van der Waals surface area contributed by atoms with Crippen LogP contribution in [0.1, 0.15) is 27.2 Å². The van der Waals surface area contributed by atoms with Crippen molar-refractivity contribution in [1.29, 1.82) is 0 Å². The molecule has 0 saturated carbocycles. The van der Waals surface area contributed by atoms with Crippen molar-refractivity contribution >= 4 is 33.3 Å². The van der Waals surface area contributed by atoms with Crippen LogP contribution >= 0.6 is 11.3 Å². The highest BCUT2D eigenvalue weighted by Gasteiger charge is 2.23. The summed E-state index contributed by atoms with van der Waals surface area (Å²) < 4.78 is 0. The van der Waals surface area contributed by atoms with Gasteiger partial charge in [-0.25, -0.2) is 9.97 Å². The van der Waals surface area contributed by atoms with Crippen LogP contribution in [0.5, 0.6) is 0 Å². The summed E-state index contributed by atoms with van der Waals surface area (Å²) in [5, 5.41) is 22.7. The molecular weight excluding hydrogens is 388 g/mol. The zero-order valence-electron chi connectivity index (χ0n) is 16.5. The van der Waals surface area contributed by atoms with Crippen LogP contribution in [-0.4, -0.2) is 63.8 Å². The summed E-state index contributed by atoms with van der Waals surface area (Å²) in [6.07, 6.45) is 3.45. The second kappa shape index (κ2) is 10.3. The van der Waals surface area contributed by atoms with Gasteiger partial charge in [0.2, 0.25) is 0 Å². The van der Waals surface area contributed by atoms with E-state index in [4.69, 9.17) is 0 Å². The van der Waals surface area contributed by atoms with Gasteiger partial charge in [0.1, 0.15) is 17.0 Å². The number of carbonyl (C=O) groups is 1. The molecule has 0 aliphatic heterocycles. The molecule has 7 nitrogen and oxygen atoms in total. The third-order valence-electron chi connectivity index (χ3n) is 4.73. The molecule has 0 fully saturated rings. The number of aliphatic hydroxyl groups excluding tert-OH is 2. The van der Waals surface area contributed by atoms with E-state index in [0.717, 1.165) is 41.0 Å². The highest BCUT2D eigenvalue weighted by molar-refractivity contribution is 7.20. The van der Waals surface area contributed by atoms with Crippen molar-refractivity contribution in [2.45, 2.75) is 19.8 Å². The number of carbonyl (C=O) groups excluding carboxylic acids is 1. The normalized spacial score (nSPS) is 11.0. The maximum Gasteiger partial charge on any atom is 0.264 e. The van der Waals surface area contributed by atoms with Crippen molar-refractivity contribution in [3.05, 3.63) is 52.7 Å². The Labute approximate surface area is 174 Å². The number of aliphatic hydroxyl groups is 2. The van der Waals surface area contributed by atoms with Crippen molar-refractivity contribution < 1.29 is 15.0 Å². The minimum Gasteiger partial charge on any atom is -0.395 e. The lowest BCUT2D eigenvalue weighted by Gasteiger charge is -2.20. The summed E-state index contributed by atoms with van der Waals surface area (Å²) in [7, 11) is 0. The summed E-state index contributed by atoms with van der Waals surface area (Å²) in [6.45, 7) is 2.72. The molecule has 3 aromatic rings. The lowest BCUT2D eigenvalue weighted by molar-refractivity contribution is 0.0689. The number of nitrogens with zero attached hydrogens (tertiary/aromatic N) is 3. The van der Waals surface area contributed by atoms with Gasteiger partial charge in [0.15, 0.2) is 0 Å². The minimum absolute atomic E-state index is 0.149. The van der Waals surface area contributed by atoms with Crippen molar-refractivity contribution in [3.8, 4) is 0 Å². The number of aromatic nitrogens is 2. The SMILES string of the molecule is Cc1c(C(=O)N(CCO)CCO)sc2ncnc(NCCCc3ccccc3)c12. The Kier molecular flexibility index (Phi) is 7.51. The first-order valence-corrected chi connectivity index (χ1v) is 10.5. The van der Waals surface area contributed by atoms with Crippen LogP contribution in [0, 0.1) is 6.92 Å². The molecule has 154 valence electrons. The number of nitrogens with one attached hydrogen (secondary N) is 1. The fraction of sp³-hybridized carbons (Fsp3) is 0.381. The van der Waals surface area contributed by atoms with Crippen LogP contribution < -0.4 is 5.32 Å². The maximum atomic E-state index is 12.9. The zero-order chi connectivity index (χ0) is 20.6. The molecule has 2 heterocycles. The standard InChI is InChI=1S/C21H26N4O3S/c1-15-17-19(22-9-5-8-16-6-3-2-4-7-16)23-14-24-20(17)29-18(15)21(28)25(10-12-26)11-13-27/h2-4,6-7,14,26-27H,5,8-13H2,1H3,(H,22,23,24). The Bertz CT molecular complexity index is 940. The summed E-state index contributed by atoms with van der Waals surface area (Å²) >= 11 is 1.32. The van der Waals surface area contributed by atoms with E-state index in [1.807, 2.05) is 25.1 Å². The number of fused-ring (bicyclic) bond motifs is 1. The van der Waals surface area contributed by atoms with Crippen LogP contribution in [-0.2, 0) is 6.42 Å². The van der Waals surface area contributed by atoms with Crippen molar-refractivity contribution in [3.63, 3.8) is 0 Å². The van der Waals surface area contributed by atoms with Crippen LogP contribution in [0.2, 0.25) is 0 Å². The maximum absolute atomic E-state index is 12.9. The largest absolute Gasteiger partial charge is 0.395 e. The fourth-order valence-electron chi connectivity index (χ4n) is 3.25. The van der Waals surface area contributed by atoms with Gasteiger partial charge in [0.25, 0.3) is 5.91 Å². The lowest BCUT2D eigenvalue weighted by Crippen LogP contribution is -2.35. The number of aryl methyl sites for hydroxylation is 2. The summed E-state index contributed by atoms with van der Waals surface area (Å²) in [5.74, 6) is 0.523. The van der Waals surface area contributed by atoms with Crippen LogP contribution in [0.3, 0.4) is 0 Å². The smallest absolute Gasteiger partial charge is 0.264 e. The first-order valence-electron chi connectivity index (χ1n) is 9.68. The Balaban J connectivity index is 1.75. The van der Waals surface area contributed by atoms with Gasteiger partial charge in [-0.2, -0.15) is 0 Å². The molecule has 0 bridgehead atoms. The van der Waals surface area contributed by atoms with Crippen molar-refractivity contribution in [1.82, 2.24) is 14.9 Å². The van der Waals surface area contributed by atoms with Gasteiger partial charge in [0.05, 0.1) is 23.5 Å². The molecule has 3 rings (SSSR count). The van der Waals surface area contributed by atoms with Gasteiger partial charge in [-0.15, -0.1) is 11.3 Å². The number of hydrogen-bond acceptors (Lipinski definition) is 7. The molecule has 0 atom stereocenters. The number of benzene rings is 1. The highest BCUT2D eigenvalue weighted by atomic mass is 32.1. The van der Waals surface area contributed by atoms with E-state index in [1.165, 1.54) is 28.1 Å². The van der Waals surface area contributed by atoms with Gasteiger partial charge < -0.3 is 20.4 Å². The van der Waals surface area contributed by atoms with Crippen LogP contribution in [0.4, 0.5) is 5.82 Å². The second-order valence-corrected chi connectivity index (χ2v) is 7.71. The summed E-state index contributed by atoms with van der Waals surface area (Å²) in [6, 6.07) is 10.3. The van der Waals surface area contributed by atoms with Gasteiger partial charge in [0, 0.05) is 19.6 Å². The van der Waals surface area contributed by atoms with Crippen LogP contribution in [0.15, 0.2) is 36.7 Å². The van der Waals surface area contributed by atoms with Crippen molar-refractivity contribution in [2.75, 3.05) is 38.2 Å². The molecule has 0 unspecified atom stereocenters. The number of rotatable bonds is 10. The third kappa shape index (κ3) is 5.09. The third-order valence-corrected chi connectivity index (χ3v) is 5.91. The Hall–Kier alpha value is -2.55. The van der Waals surface area contributed by atoms with E-state index in [0.29, 0.717) is 4.88 Å². The quantitative estimate of drug-likeness (QED) is 0.441. The Morgan fingerprint density at radius 1 is 1.14 bits per heavy atom. The van der Waals surface area contributed by atoms with E-state index in [9.17, 15) is 15.0 Å². The molecule has 0 saturated heterocycles. The van der Waals surface area contributed by atoms with E-state index in [-0.39, 0.29) is 32.2 Å². The van der Waals surface area contributed by atoms with E-state index in [1.54, 1.807) is 0 Å². The van der Waals surface area contributed by atoms with E-state index >= 15 is 0 Å². The molecule has 0 aliphatic carbocycles. The first-order chi connectivity index (χ1) is 14.2. The van der Waals surface area contributed by atoms with Gasteiger partial charge in [-0.3, -0.25) is 4.79 Å². The molecular formula is C21H26N4O3S. The number of anilines is 1. The molecule has 1 amide bonds. The number of hydrogen-bond donors (Lipinski definition) is 3. The summed E-state index contributed by atoms with van der Waals surface area (Å²) in [5.41, 5.74) is 2.12. The summed E-state index contributed by atoms with van der Waals surface area (Å²) in [4.78, 5) is 24.4. The molecule has 1 aromatic carbocycles. The second-order valence-electron chi connectivity index (χ2n) is 6.71. The molecule has 29 heavy (non-hydrogen) atoms. The average molecular weight is 415 g/mol. The monoisotopic (exact) mass is 414 g/mol. The minimum atomic E-state index is -0.205. The van der Waals surface area contributed by atoms with E-state index in [2.05, 4.69) is 27.4 Å². The lowest BCUT2D eigenvalue weighted by atomic mass is 10.1. The molecule has 0 radical (unpaired) electrons. The topological polar surface area (TPSA) is 98.6 Å². The first kappa shape index (κ1) is 21.2. The predicted octanol–water partition coefficient (Wildman–Crippen LogP) is 2.47. The van der Waals surface area contributed by atoms with Crippen molar-refractivity contribution in [2.24, 2.45) is 0 Å². The number of amides is 1. The van der Waals surface area contributed by atoms with Gasteiger partial charge >= 0.3 is 0 Å². The molecule has 8 heteroatoms. The fourth-order valence-corrected chi connectivity index (χ4v) is 4.37. The average Bonchev–Trinajstić information content (AvgIpc) is 3.08. The molecule has 0 spiro atoms. The molecule has 2 aromatic heterocycles. The Morgan fingerprint density at radius 3 is 2.55 bits per heavy atom. The number of thiophene rings is 1.